The number of para-hydroxylation sites is 1. The number of fused-ring (bicyclic) bond motifs is 3. The normalized spacial score (nSPS) is 12.0. The summed E-state index contributed by atoms with van der Waals surface area (Å²) in [5, 5.41) is 12.9. The van der Waals surface area contributed by atoms with Gasteiger partial charge < -0.3 is 19.1 Å². The van der Waals surface area contributed by atoms with Gasteiger partial charge in [0.25, 0.3) is 0 Å². The van der Waals surface area contributed by atoms with Crippen molar-refractivity contribution < 1.29 is 14.2 Å². The van der Waals surface area contributed by atoms with E-state index in [-0.39, 0.29) is 0 Å². The summed E-state index contributed by atoms with van der Waals surface area (Å²) in [7, 11) is 0.310. The zero-order valence-electron chi connectivity index (χ0n) is 27.3. The summed E-state index contributed by atoms with van der Waals surface area (Å²) >= 11 is 0. The van der Waals surface area contributed by atoms with Gasteiger partial charge in [0.1, 0.15) is 11.2 Å². The number of aliphatic hydroxyl groups is 1. The van der Waals surface area contributed by atoms with Crippen LogP contribution in [0.4, 0.5) is 17.1 Å². The second kappa shape index (κ2) is 12.3. The molecule has 0 aliphatic heterocycles. The summed E-state index contributed by atoms with van der Waals surface area (Å²) in [5.74, 6) is 0. The first-order chi connectivity index (χ1) is 22.7. The lowest BCUT2D eigenvalue weighted by atomic mass is 9.82. The van der Waals surface area contributed by atoms with Crippen molar-refractivity contribution in [1.82, 2.24) is 0 Å². The molecule has 0 radical (unpaired) electrons. The number of hydrogen-bond acceptors (Lipinski definition) is 4. The summed E-state index contributed by atoms with van der Waals surface area (Å²) in [4.78, 5) is 2.30. The van der Waals surface area contributed by atoms with Crippen LogP contribution < -0.4 is 10.4 Å². The Morgan fingerprint density at radius 3 is 1.60 bits per heavy atom. The van der Waals surface area contributed by atoms with Crippen LogP contribution in [0.15, 0.2) is 150 Å². The zero-order chi connectivity index (χ0) is 32.6. The lowest BCUT2D eigenvalue weighted by molar-refractivity contribution is -0.0893. The van der Waals surface area contributed by atoms with E-state index >= 15 is 0 Å². The first kappa shape index (κ1) is 30.6. The molecule has 5 heteroatoms. The molecule has 0 unspecified atom stereocenters. The van der Waals surface area contributed by atoms with Gasteiger partial charge in [-0.1, -0.05) is 103 Å². The Morgan fingerprint density at radius 2 is 1.06 bits per heavy atom. The predicted octanol–water partition coefficient (Wildman–Crippen LogP) is 9.93. The molecule has 4 nitrogen and oxygen atoms in total. The number of anilines is 3. The summed E-state index contributed by atoms with van der Waals surface area (Å²) < 4.78 is 12.8. The third-order valence-electron chi connectivity index (χ3n) is 9.30. The molecule has 0 saturated carbocycles. The summed E-state index contributed by atoms with van der Waals surface area (Å²) in [5.41, 5.74) is 8.49. The van der Waals surface area contributed by atoms with Crippen LogP contribution in [-0.4, -0.2) is 23.8 Å². The molecule has 1 N–H and O–H groups in total. The van der Waals surface area contributed by atoms with Gasteiger partial charge in [-0.2, -0.15) is 0 Å². The van der Waals surface area contributed by atoms with Crippen molar-refractivity contribution in [3.8, 4) is 22.3 Å². The van der Waals surface area contributed by atoms with Gasteiger partial charge in [0.05, 0.1) is 22.3 Å². The highest BCUT2D eigenvalue weighted by Gasteiger charge is 2.36. The van der Waals surface area contributed by atoms with Crippen LogP contribution in [0.2, 0.25) is 0 Å². The average molecular weight is 616 g/mol. The molecule has 6 aromatic carbocycles. The lowest BCUT2D eigenvalue weighted by Crippen LogP contribution is -2.49. The van der Waals surface area contributed by atoms with Gasteiger partial charge in [-0.15, -0.1) is 0 Å². The molecule has 232 valence electrons. The molecule has 0 saturated heterocycles. The Bertz CT molecular complexity index is 2050. The third kappa shape index (κ3) is 6.08. The Morgan fingerprint density at radius 1 is 0.574 bits per heavy atom. The van der Waals surface area contributed by atoms with Crippen molar-refractivity contribution in [3.63, 3.8) is 0 Å². The molecule has 0 fully saturated rings. The van der Waals surface area contributed by atoms with E-state index in [0.717, 1.165) is 55.6 Å². The molecule has 7 aromatic rings. The second-order valence-electron chi connectivity index (χ2n) is 13.1. The van der Waals surface area contributed by atoms with Crippen LogP contribution in [-0.2, 0) is 4.65 Å². The summed E-state index contributed by atoms with van der Waals surface area (Å²) in [6, 6.07) is 50.8. The van der Waals surface area contributed by atoms with E-state index in [2.05, 4.69) is 126 Å². The van der Waals surface area contributed by atoms with Gasteiger partial charge in [0, 0.05) is 16.8 Å². The van der Waals surface area contributed by atoms with E-state index in [1.165, 1.54) is 11.1 Å². The van der Waals surface area contributed by atoms with Crippen LogP contribution in [0.1, 0.15) is 27.7 Å². The maximum atomic E-state index is 10.8. The summed E-state index contributed by atoms with van der Waals surface area (Å²) in [6.07, 6.45) is 0. The highest BCUT2D eigenvalue weighted by molar-refractivity contribution is 6.48. The largest absolute Gasteiger partial charge is 0.456 e. The fourth-order valence-corrected chi connectivity index (χ4v) is 5.88. The minimum atomic E-state index is -1.02. The highest BCUT2D eigenvalue weighted by atomic mass is 16.5. The zero-order valence-corrected chi connectivity index (χ0v) is 27.3. The molecular weight excluding hydrogens is 577 g/mol. The van der Waals surface area contributed by atoms with Gasteiger partial charge in [0.2, 0.25) is 0 Å². The Hall–Kier alpha value is -5.10. The first-order valence-corrected chi connectivity index (χ1v) is 16.1. The molecule has 7 rings (SSSR count). The first-order valence-electron chi connectivity index (χ1n) is 16.1. The maximum absolute atomic E-state index is 10.8. The quantitative estimate of drug-likeness (QED) is 0.164. The number of nitrogens with zero attached hydrogens (tertiary/aromatic N) is 1. The molecule has 1 aromatic heterocycles. The van der Waals surface area contributed by atoms with Crippen molar-refractivity contribution in [1.29, 1.82) is 0 Å². The summed E-state index contributed by atoms with van der Waals surface area (Å²) in [6.45, 7) is 7.40. The fraction of sp³-hybridized carbons (Fsp3) is 0.143. The van der Waals surface area contributed by atoms with Crippen molar-refractivity contribution in [2.75, 3.05) is 4.90 Å². The van der Waals surface area contributed by atoms with Gasteiger partial charge in [-0.05, 0) is 97.9 Å². The lowest BCUT2D eigenvalue weighted by Gasteiger charge is -2.37. The number of rotatable bonds is 9. The number of benzene rings is 6. The van der Waals surface area contributed by atoms with E-state index in [4.69, 9.17) is 9.07 Å². The Balaban J connectivity index is 1.41. The van der Waals surface area contributed by atoms with E-state index in [1.54, 1.807) is 13.8 Å². The van der Waals surface area contributed by atoms with Gasteiger partial charge >= 0.3 is 7.48 Å². The second-order valence-corrected chi connectivity index (χ2v) is 13.1. The van der Waals surface area contributed by atoms with Crippen molar-refractivity contribution in [2.24, 2.45) is 0 Å². The van der Waals surface area contributed by atoms with Crippen molar-refractivity contribution in [3.05, 3.63) is 146 Å². The highest BCUT2D eigenvalue weighted by Crippen LogP contribution is 2.43. The van der Waals surface area contributed by atoms with E-state index in [9.17, 15) is 5.11 Å². The van der Waals surface area contributed by atoms with Gasteiger partial charge in [-0.25, -0.2) is 0 Å². The van der Waals surface area contributed by atoms with Crippen LogP contribution in [0.5, 0.6) is 0 Å². The molecule has 0 atom stereocenters. The molecule has 1 heterocycles. The van der Waals surface area contributed by atoms with E-state index in [0.29, 0.717) is 7.48 Å². The number of furan rings is 1. The smallest absolute Gasteiger partial charge is 0.309 e. The maximum Gasteiger partial charge on any atom is 0.309 e. The molecule has 0 spiro atoms. The van der Waals surface area contributed by atoms with Crippen LogP contribution in [0.25, 0.3) is 44.2 Å². The van der Waals surface area contributed by atoms with E-state index < -0.39 is 11.2 Å². The molecule has 0 amide bonds. The van der Waals surface area contributed by atoms with Crippen LogP contribution in [0.3, 0.4) is 0 Å². The third-order valence-corrected chi connectivity index (χ3v) is 9.30. The molecular formula is C42H38BNO3. The van der Waals surface area contributed by atoms with Crippen molar-refractivity contribution in [2.45, 2.75) is 38.9 Å². The van der Waals surface area contributed by atoms with E-state index in [1.807, 2.05) is 38.1 Å². The van der Waals surface area contributed by atoms with Crippen LogP contribution in [0, 0.1) is 0 Å². The van der Waals surface area contributed by atoms with Crippen LogP contribution >= 0.6 is 0 Å². The molecule has 0 bridgehead atoms. The van der Waals surface area contributed by atoms with Gasteiger partial charge in [0.15, 0.2) is 0 Å². The average Bonchev–Trinajstić information content (AvgIpc) is 3.47. The number of hydrogen-bond donors (Lipinski definition) is 1. The Kier molecular flexibility index (Phi) is 7.97. The molecule has 0 aliphatic rings. The molecule has 47 heavy (non-hydrogen) atoms. The monoisotopic (exact) mass is 615 g/mol. The fourth-order valence-electron chi connectivity index (χ4n) is 5.88. The predicted molar refractivity (Wildman–Crippen MR) is 198 cm³/mol. The Labute approximate surface area is 277 Å². The SMILES string of the molecule is CC(C)(O)C(C)(C)OBc1cc(N(c2ccc(-c3ccccc3)cc2)c2ccc(-c3ccccc3)cc2)c2c(c1)oc1ccccc12. The topological polar surface area (TPSA) is 45.8 Å². The van der Waals surface area contributed by atoms with Gasteiger partial charge in [-0.3, -0.25) is 0 Å². The molecule has 0 aliphatic carbocycles. The van der Waals surface area contributed by atoms with Crippen molar-refractivity contribution >= 4 is 51.9 Å². The standard InChI is InChI=1S/C42H38BNO3/c1-41(2,45)42(3,4)47-43-33-27-37(40-36-17-11-12-18-38(36)46-39(40)28-33)44(34-23-19-31(20-24-34)29-13-7-5-8-14-29)35-25-21-32(22-26-35)30-15-9-6-10-16-30/h5-28,43,45H,1-4H3. The minimum Gasteiger partial charge on any atom is -0.456 e. The minimum absolute atomic E-state index is 0.310.